The van der Waals surface area contributed by atoms with Crippen molar-refractivity contribution in [3.05, 3.63) is 23.3 Å². The maximum atomic E-state index is 12.2. The van der Waals surface area contributed by atoms with Crippen LogP contribution in [0.2, 0.25) is 0 Å². The van der Waals surface area contributed by atoms with E-state index in [1.165, 1.54) is 11.5 Å². The fraction of sp³-hybridized carbons (Fsp3) is 0.571. The number of piperidine rings is 1. The lowest BCUT2D eigenvalue weighted by atomic mass is 10.1. The average molecular weight is 320 g/mol. The smallest absolute Gasteiger partial charge is 0.272 e. The monoisotopic (exact) mass is 320 g/mol. The Kier molecular flexibility index (Phi) is 4.10. The molecule has 1 N–H and O–H groups in total. The van der Waals surface area contributed by atoms with Gasteiger partial charge in [0.15, 0.2) is 0 Å². The molecule has 2 aromatic rings. The Morgan fingerprint density at radius 1 is 1.36 bits per heavy atom. The first kappa shape index (κ1) is 15.0. The maximum absolute atomic E-state index is 12.2. The Balaban J connectivity index is 1.54. The van der Waals surface area contributed by atoms with Crippen LogP contribution in [0.15, 0.2) is 6.07 Å². The standard InChI is InChI=1S/C14H20N6OS/c1-9-8-12(17-19(9)3)13(21)16-11-4-6-20(7-5-11)14-15-10(2)18-22-14/h8,11H,4-7H2,1-3H3,(H,16,21). The minimum absolute atomic E-state index is 0.0890. The van der Waals surface area contributed by atoms with Gasteiger partial charge in [0.25, 0.3) is 5.91 Å². The molecule has 1 aliphatic rings. The number of aryl methyl sites for hydroxylation is 3. The van der Waals surface area contributed by atoms with E-state index in [-0.39, 0.29) is 11.9 Å². The summed E-state index contributed by atoms with van der Waals surface area (Å²) in [6.45, 7) is 5.62. The van der Waals surface area contributed by atoms with Crippen LogP contribution < -0.4 is 10.2 Å². The number of carbonyl (C=O) groups is 1. The second-order valence-corrected chi connectivity index (χ2v) is 6.38. The van der Waals surface area contributed by atoms with Gasteiger partial charge in [-0.2, -0.15) is 9.47 Å². The number of hydrogen-bond donors (Lipinski definition) is 1. The lowest BCUT2D eigenvalue weighted by Crippen LogP contribution is -2.44. The van der Waals surface area contributed by atoms with Gasteiger partial charge in [-0.3, -0.25) is 9.48 Å². The molecule has 3 rings (SSSR count). The summed E-state index contributed by atoms with van der Waals surface area (Å²) in [4.78, 5) is 18.9. The third kappa shape index (κ3) is 3.11. The van der Waals surface area contributed by atoms with Crippen molar-refractivity contribution in [1.29, 1.82) is 0 Å². The molecular formula is C14H20N6OS. The fourth-order valence-corrected chi connectivity index (χ4v) is 3.29. The van der Waals surface area contributed by atoms with E-state index in [9.17, 15) is 4.79 Å². The van der Waals surface area contributed by atoms with Gasteiger partial charge in [0.2, 0.25) is 5.13 Å². The Bertz CT molecular complexity index is 651. The summed E-state index contributed by atoms with van der Waals surface area (Å²) < 4.78 is 5.94. The molecule has 118 valence electrons. The van der Waals surface area contributed by atoms with Crippen molar-refractivity contribution in [3.8, 4) is 0 Å². The number of amides is 1. The molecule has 3 heterocycles. The minimum Gasteiger partial charge on any atom is -0.348 e. The highest BCUT2D eigenvalue weighted by atomic mass is 32.1. The van der Waals surface area contributed by atoms with Gasteiger partial charge < -0.3 is 10.2 Å². The average Bonchev–Trinajstić information content (AvgIpc) is 3.07. The number of aromatic nitrogens is 4. The van der Waals surface area contributed by atoms with E-state index in [1.807, 2.05) is 27.0 Å². The van der Waals surface area contributed by atoms with Crippen molar-refractivity contribution >= 4 is 22.6 Å². The van der Waals surface area contributed by atoms with Gasteiger partial charge in [0, 0.05) is 43.4 Å². The van der Waals surface area contributed by atoms with Gasteiger partial charge in [-0.25, -0.2) is 4.98 Å². The van der Waals surface area contributed by atoms with E-state index in [0.717, 1.165) is 42.6 Å². The van der Waals surface area contributed by atoms with Gasteiger partial charge in [0.1, 0.15) is 11.5 Å². The Labute approximate surface area is 133 Å². The molecule has 1 saturated heterocycles. The van der Waals surface area contributed by atoms with Crippen LogP contribution in [0.3, 0.4) is 0 Å². The third-order valence-electron chi connectivity index (χ3n) is 3.96. The normalized spacial score (nSPS) is 16.0. The Morgan fingerprint density at radius 2 is 2.09 bits per heavy atom. The number of carbonyl (C=O) groups excluding carboxylic acids is 1. The van der Waals surface area contributed by atoms with Gasteiger partial charge in [-0.05, 0) is 32.8 Å². The quantitative estimate of drug-likeness (QED) is 0.922. The molecule has 0 aromatic carbocycles. The second kappa shape index (κ2) is 6.04. The minimum atomic E-state index is -0.0890. The molecule has 1 amide bonds. The second-order valence-electron chi connectivity index (χ2n) is 5.65. The molecule has 7 nitrogen and oxygen atoms in total. The van der Waals surface area contributed by atoms with Crippen LogP contribution >= 0.6 is 11.5 Å². The first-order valence-electron chi connectivity index (χ1n) is 7.39. The molecule has 0 saturated carbocycles. The van der Waals surface area contributed by atoms with Gasteiger partial charge in [0.05, 0.1) is 0 Å². The Morgan fingerprint density at radius 3 is 2.64 bits per heavy atom. The number of rotatable bonds is 3. The molecule has 0 bridgehead atoms. The molecule has 0 unspecified atom stereocenters. The molecule has 1 aliphatic heterocycles. The molecule has 0 aliphatic carbocycles. The van der Waals surface area contributed by atoms with Crippen LogP contribution in [0.25, 0.3) is 0 Å². The highest BCUT2D eigenvalue weighted by Gasteiger charge is 2.23. The van der Waals surface area contributed by atoms with E-state index < -0.39 is 0 Å². The number of anilines is 1. The van der Waals surface area contributed by atoms with E-state index in [4.69, 9.17) is 0 Å². The first-order valence-corrected chi connectivity index (χ1v) is 8.17. The van der Waals surface area contributed by atoms with E-state index in [0.29, 0.717) is 5.69 Å². The zero-order valence-corrected chi connectivity index (χ0v) is 13.9. The molecule has 22 heavy (non-hydrogen) atoms. The number of nitrogens with zero attached hydrogens (tertiary/aromatic N) is 5. The predicted octanol–water partition coefficient (Wildman–Crippen LogP) is 1.29. The maximum Gasteiger partial charge on any atom is 0.272 e. The molecule has 0 radical (unpaired) electrons. The van der Waals surface area contributed by atoms with Crippen molar-refractivity contribution in [1.82, 2.24) is 24.5 Å². The summed E-state index contributed by atoms with van der Waals surface area (Å²) in [5.74, 6) is 0.731. The largest absolute Gasteiger partial charge is 0.348 e. The van der Waals surface area contributed by atoms with Crippen molar-refractivity contribution in [3.63, 3.8) is 0 Å². The highest BCUT2D eigenvalue weighted by molar-refractivity contribution is 7.09. The summed E-state index contributed by atoms with van der Waals surface area (Å²) in [5.41, 5.74) is 1.47. The number of hydrogen-bond acceptors (Lipinski definition) is 6. The summed E-state index contributed by atoms with van der Waals surface area (Å²) >= 11 is 1.44. The fourth-order valence-electron chi connectivity index (χ4n) is 2.56. The molecule has 8 heteroatoms. The summed E-state index contributed by atoms with van der Waals surface area (Å²) in [5, 5.41) is 8.27. The third-order valence-corrected chi connectivity index (χ3v) is 4.83. The van der Waals surface area contributed by atoms with Crippen LogP contribution in [-0.4, -0.2) is 44.2 Å². The van der Waals surface area contributed by atoms with Crippen molar-refractivity contribution in [2.45, 2.75) is 32.7 Å². The lowest BCUT2D eigenvalue weighted by Gasteiger charge is -2.31. The molecule has 0 atom stereocenters. The summed E-state index contributed by atoms with van der Waals surface area (Å²) in [6.07, 6.45) is 1.83. The zero-order chi connectivity index (χ0) is 15.7. The van der Waals surface area contributed by atoms with Crippen LogP contribution in [0.5, 0.6) is 0 Å². The molecule has 1 fully saturated rings. The predicted molar refractivity (Wildman–Crippen MR) is 85.3 cm³/mol. The van der Waals surface area contributed by atoms with Crippen molar-refractivity contribution in [2.75, 3.05) is 18.0 Å². The van der Waals surface area contributed by atoms with E-state index in [2.05, 4.69) is 24.7 Å². The van der Waals surface area contributed by atoms with Gasteiger partial charge >= 0.3 is 0 Å². The zero-order valence-electron chi connectivity index (χ0n) is 13.0. The summed E-state index contributed by atoms with van der Waals surface area (Å²) in [6, 6.07) is 2.01. The Hall–Kier alpha value is -1.96. The van der Waals surface area contributed by atoms with Crippen LogP contribution in [0.4, 0.5) is 5.13 Å². The summed E-state index contributed by atoms with van der Waals surface area (Å²) in [7, 11) is 1.84. The topological polar surface area (TPSA) is 75.9 Å². The SMILES string of the molecule is Cc1nsc(N2CCC(NC(=O)c3cc(C)n(C)n3)CC2)n1. The molecular weight excluding hydrogens is 300 g/mol. The highest BCUT2D eigenvalue weighted by Crippen LogP contribution is 2.21. The lowest BCUT2D eigenvalue weighted by molar-refractivity contribution is 0.0925. The van der Waals surface area contributed by atoms with Gasteiger partial charge in [-0.15, -0.1) is 0 Å². The molecule has 2 aromatic heterocycles. The first-order chi connectivity index (χ1) is 10.5. The molecule has 0 spiro atoms. The van der Waals surface area contributed by atoms with Crippen LogP contribution in [-0.2, 0) is 7.05 Å². The van der Waals surface area contributed by atoms with E-state index in [1.54, 1.807) is 4.68 Å². The van der Waals surface area contributed by atoms with Gasteiger partial charge in [-0.1, -0.05) is 0 Å². The van der Waals surface area contributed by atoms with Crippen molar-refractivity contribution < 1.29 is 4.79 Å². The van der Waals surface area contributed by atoms with Crippen molar-refractivity contribution in [2.24, 2.45) is 7.05 Å². The van der Waals surface area contributed by atoms with E-state index >= 15 is 0 Å². The number of nitrogens with one attached hydrogen (secondary N) is 1. The van der Waals surface area contributed by atoms with Crippen LogP contribution in [0, 0.1) is 13.8 Å². The van der Waals surface area contributed by atoms with Crippen LogP contribution in [0.1, 0.15) is 34.8 Å².